The fourth-order valence-corrected chi connectivity index (χ4v) is 2.16. The zero-order chi connectivity index (χ0) is 13.5. The summed E-state index contributed by atoms with van der Waals surface area (Å²) in [5.74, 6) is 1.12. The number of rotatable bonds is 5. The Morgan fingerprint density at radius 2 is 2.47 bits per heavy atom. The number of ether oxygens (including phenoxy) is 1. The van der Waals surface area contributed by atoms with Crippen LogP contribution in [0, 0.1) is 5.92 Å². The van der Waals surface area contributed by atoms with E-state index in [1.54, 1.807) is 18.3 Å². The Labute approximate surface area is 113 Å². The highest BCUT2D eigenvalue weighted by molar-refractivity contribution is 5.94. The fraction of sp³-hybridized carbons (Fsp3) is 0.571. The van der Waals surface area contributed by atoms with Crippen molar-refractivity contribution in [3.63, 3.8) is 0 Å². The lowest BCUT2D eigenvalue weighted by molar-refractivity contribution is 0.0536. The number of anilines is 1. The van der Waals surface area contributed by atoms with Crippen molar-refractivity contribution in [2.75, 3.05) is 31.6 Å². The molecule has 0 bridgehead atoms. The molecule has 1 saturated heterocycles. The number of aromatic nitrogens is 1. The molecule has 5 nitrogen and oxygen atoms in total. The predicted molar refractivity (Wildman–Crippen MR) is 74.3 cm³/mol. The van der Waals surface area contributed by atoms with E-state index in [4.69, 9.17) is 4.74 Å². The van der Waals surface area contributed by atoms with Gasteiger partial charge in [-0.2, -0.15) is 0 Å². The van der Waals surface area contributed by atoms with Crippen LogP contribution in [-0.2, 0) is 4.74 Å². The lowest BCUT2D eigenvalue weighted by atomic mass is 10.0. The zero-order valence-electron chi connectivity index (χ0n) is 11.3. The Balaban J connectivity index is 1.86. The Bertz CT molecular complexity index is 417. The van der Waals surface area contributed by atoms with E-state index in [-0.39, 0.29) is 5.91 Å². The summed E-state index contributed by atoms with van der Waals surface area (Å²) in [6, 6.07) is 3.50. The number of nitrogens with one attached hydrogen (secondary N) is 2. The van der Waals surface area contributed by atoms with Crippen LogP contribution in [-0.4, -0.2) is 37.2 Å². The molecule has 2 rings (SSSR count). The topological polar surface area (TPSA) is 63.2 Å². The van der Waals surface area contributed by atoms with Gasteiger partial charge in [-0.3, -0.25) is 4.79 Å². The van der Waals surface area contributed by atoms with Crippen LogP contribution in [0.25, 0.3) is 0 Å². The van der Waals surface area contributed by atoms with Crippen LogP contribution in [0.3, 0.4) is 0 Å². The molecule has 5 heteroatoms. The number of pyridine rings is 1. The van der Waals surface area contributed by atoms with Crippen LogP contribution in [0.15, 0.2) is 18.3 Å². The van der Waals surface area contributed by atoms with Crippen LogP contribution in [0.2, 0.25) is 0 Å². The van der Waals surface area contributed by atoms with Gasteiger partial charge >= 0.3 is 0 Å². The third-order valence-corrected chi connectivity index (χ3v) is 3.19. The quantitative estimate of drug-likeness (QED) is 0.848. The molecule has 0 saturated carbocycles. The number of nitrogens with zero attached hydrogens (tertiary/aromatic N) is 1. The van der Waals surface area contributed by atoms with Crippen molar-refractivity contribution in [2.45, 2.75) is 19.8 Å². The summed E-state index contributed by atoms with van der Waals surface area (Å²) in [5.41, 5.74) is 0.641. The molecular weight excluding hydrogens is 242 g/mol. The van der Waals surface area contributed by atoms with E-state index in [0.717, 1.165) is 38.4 Å². The molecular formula is C14H21N3O2. The van der Waals surface area contributed by atoms with Crippen LogP contribution in [0.4, 0.5) is 5.82 Å². The minimum absolute atomic E-state index is 0.0490. The van der Waals surface area contributed by atoms with E-state index in [9.17, 15) is 4.79 Å². The molecule has 2 N–H and O–H groups in total. The minimum atomic E-state index is -0.0490. The smallest absolute Gasteiger partial charge is 0.251 e. The Morgan fingerprint density at radius 1 is 1.58 bits per heavy atom. The summed E-state index contributed by atoms with van der Waals surface area (Å²) in [6.45, 7) is 5.06. The number of hydrogen-bond donors (Lipinski definition) is 2. The molecule has 1 aromatic rings. The lowest BCUT2D eigenvalue weighted by Crippen LogP contribution is -2.33. The third kappa shape index (κ3) is 4.21. The molecule has 1 atom stereocenters. The maximum atomic E-state index is 12.0. The van der Waals surface area contributed by atoms with Gasteiger partial charge < -0.3 is 15.4 Å². The van der Waals surface area contributed by atoms with Crippen molar-refractivity contribution in [3.05, 3.63) is 23.9 Å². The fourth-order valence-electron chi connectivity index (χ4n) is 2.16. The van der Waals surface area contributed by atoms with Gasteiger partial charge in [0.05, 0.1) is 6.61 Å². The largest absolute Gasteiger partial charge is 0.381 e. The predicted octanol–water partition coefficient (Wildman–Crippen LogP) is 1.67. The second-order valence-corrected chi connectivity index (χ2v) is 4.75. The van der Waals surface area contributed by atoms with E-state index in [1.807, 2.05) is 6.92 Å². The second-order valence-electron chi connectivity index (χ2n) is 4.75. The molecule has 0 aromatic carbocycles. The van der Waals surface area contributed by atoms with Crippen molar-refractivity contribution in [1.29, 1.82) is 0 Å². The molecule has 0 aliphatic carbocycles. The maximum absolute atomic E-state index is 12.0. The molecule has 1 amide bonds. The van der Waals surface area contributed by atoms with Gasteiger partial charge in [0.1, 0.15) is 5.82 Å². The zero-order valence-corrected chi connectivity index (χ0v) is 11.3. The van der Waals surface area contributed by atoms with Crippen LogP contribution in [0.5, 0.6) is 0 Å². The van der Waals surface area contributed by atoms with Crippen LogP contribution in [0.1, 0.15) is 30.1 Å². The summed E-state index contributed by atoms with van der Waals surface area (Å²) in [6.07, 6.45) is 3.86. The van der Waals surface area contributed by atoms with E-state index in [0.29, 0.717) is 18.0 Å². The SMILES string of the molecule is CCNc1cc(C(=O)NCC2CCCOC2)ccn1. The molecule has 2 heterocycles. The summed E-state index contributed by atoms with van der Waals surface area (Å²) in [7, 11) is 0. The minimum Gasteiger partial charge on any atom is -0.381 e. The molecule has 104 valence electrons. The number of hydrogen-bond acceptors (Lipinski definition) is 4. The summed E-state index contributed by atoms with van der Waals surface area (Å²) < 4.78 is 5.40. The molecule has 1 aliphatic heterocycles. The van der Waals surface area contributed by atoms with Crippen LogP contribution < -0.4 is 10.6 Å². The summed E-state index contributed by atoms with van der Waals surface area (Å²) >= 11 is 0. The summed E-state index contributed by atoms with van der Waals surface area (Å²) in [5, 5.41) is 6.06. The van der Waals surface area contributed by atoms with Crippen molar-refractivity contribution in [3.8, 4) is 0 Å². The van der Waals surface area contributed by atoms with Gasteiger partial charge in [-0.25, -0.2) is 4.98 Å². The van der Waals surface area contributed by atoms with Crippen LogP contribution >= 0.6 is 0 Å². The van der Waals surface area contributed by atoms with Gasteiger partial charge in [0, 0.05) is 31.5 Å². The van der Waals surface area contributed by atoms with E-state index in [2.05, 4.69) is 15.6 Å². The Morgan fingerprint density at radius 3 is 3.21 bits per heavy atom. The van der Waals surface area contributed by atoms with Crippen molar-refractivity contribution in [2.24, 2.45) is 5.92 Å². The first kappa shape index (κ1) is 13.8. The highest BCUT2D eigenvalue weighted by Crippen LogP contribution is 2.13. The van der Waals surface area contributed by atoms with Crippen molar-refractivity contribution >= 4 is 11.7 Å². The van der Waals surface area contributed by atoms with Crippen molar-refractivity contribution in [1.82, 2.24) is 10.3 Å². The van der Waals surface area contributed by atoms with Gasteiger partial charge in [-0.1, -0.05) is 0 Å². The maximum Gasteiger partial charge on any atom is 0.251 e. The molecule has 1 fully saturated rings. The highest BCUT2D eigenvalue weighted by Gasteiger charge is 2.15. The second kappa shape index (κ2) is 7.09. The molecule has 19 heavy (non-hydrogen) atoms. The lowest BCUT2D eigenvalue weighted by Gasteiger charge is -2.22. The monoisotopic (exact) mass is 263 g/mol. The summed E-state index contributed by atoms with van der Waals surface area (Å²) in [4.78, 5) is 16.2. The molecule has 1 aliphatic rings. The molecule has 1 aromatic heterocycles. The van der Waals surface area contributed by atoms with Gasteiger partial charge in [-0.15, -0.1) is 0 Å². The number of carbonyl (C=O) groups excluding carboxylic acids is 1. The molecule has 0 radical (unpaired) electrons. The normalized spacial score (nSPS) is 18.9. The van der Waals surface area contributed by atoms with Gasteiger partial charge in [0.25, 0.3) is 5.91 Å². The van der Waals surface area contributed by atoms with Gasteiger partial charge in [0.15, 0.2) is 0 Å². The van der Waals surface area contributed by atoms with E-state index in [1.165, 1.54) is 0 Å². The first-order valence-corrected chi connectivity index (χ1v) is 6.85. The Hall–Kier alpha value is -1.62. The average molecular weight is 263 g/mol. The van der Waals surface area contributed by atoms with Gasteiger partial charge in [0.2, 0.25) is 0 Å². The first-order chi connectivity index (χ1) is 9.29. The average Bonchev–Trinajstić information content (AvgIpc) is 2.46. The molecule has 1 unspecified atom stereocenters. The Kier molecular flexibility index (Phi) is 5.15. The van der Waals surface area contributed by atoms with E-state index >= 15 is 0 Å². The number of amides is 1. The van der Waals surface area contributed by atoms with Gasteiger partial charge in [-0.05, 0) is 37.8 Å². The third-order valence-electron chi connectivity index (χ3n) is 3.19. The van der Waals surface area contributed by atoms with Crippen molar-refractivity contribution < 1.29 is 9.53 Å². The first-order valence-electron chi connectivity index (χ1n) is 6.85. The number of carbonyl (C=O) groups is 1. The van der Waals surface area contributed by atoms with E-state index < -0.39 is 0 Å². The standard InChI is InChI=1S/C14H21N3O2/c1-2-15-13-8-12(5-6-16-13)14(18)17-9-11-4-3-7-19-10-11/h5-6,8,11H,2-4,7,9-10H2,1H3,(H,15,16)(H,17,18). The highest BCUT2D eigenvalue weighted by atomic mass is 16.5. The molecule has 0 spiro atoms.